The molecule has 1 aromatic heterocycles. The van der Waals surface area contributed by atoms with Crippen LogP contribution in [0.25, 0.3) is 0 Å². The molecular weight excluding hydrogens is 304 g/mol. The molecular formula is C15H19BrN2O. The number of nitrogens with two attached hydrogens (primary N) is 1. The van der Waals surface area contributed by atoms with Gasteiger partial charge < -0.3 is 10.2 Å². The first-order chi connectivity index (χ1) is 9.10. The lowest BCUT2D eigenvalue weighted by molar-refractivity contribution is 0.211. The second kappa shape index (κ2) is 6.37. The van der Waals surface area contributed by atoms with Crippen LogP contribution < -0.4 is 5.73 Å². The molecule has 0 aliphatic heterocycles. The summed E-state index contributed by atoms with van der Waals surface area (Å²) in [6, 6.07) is 12.5. The normalized spacial score (nSPS) is 12.9. The Morgan fingerprint density at radius 1 is 1.32 bits per heavy atom. The van der Waals surface area contributed by atoms with Crippen LogP contribution in [0.15, 0.2) is 45.5 Å². The zero-order valence-electron chi connectivity index (χ0n) is 11.3. The Labute approximate surface area is 122 Å². The maximum atomic E-state index is 5.88. The third kappa shape index (κ3) is 3.69. The lowest BCUT2D eigenvalue weighted by Crippen LogP contribution is -2.29. The zero-order valence-corrected chi connectivity index (χ0v) is 12.9. The third-order valence-electron chi connectivity index (χ3n) is 3.19. The average Bonchev–Trinajstić information content (AvgIpc) is 2.76. The first kappa shape index (κ1) is 14.3. The highest BCUT2D eigenvalue weighted by molar-refractivity contribution is 9.10. The largest absolute Gasteiger partial charge is 0.453 e. The van der Waals surface area contributed by atoms with Crippen LogP contribution in [0.2, 0.25) is 0 Å². The average molecular weight is 323 g/mol. The van der Waals surface area contributed by atoms with Gasteiger partial charge in [0.05, 0.1) is 6.04 Å². The highest BCUT2D eigenvalue weighted by Gasteiger charge is 2.19. The summed E-state index contributed by atoms with van der Waals surface area (Å²) >= 11 is 3.33. The van der Waals surface area contributed by atoms with Gasteiger partial charge in [-0.15, -0.1) is 0 Å². The van der Waals surface area contributed by atoms with Crippen LogP contribution >= 0.6 is 15.9 Å². The molecule has 0 radical (unpaired) electrons. The first-order valence-corrected chi connectivity index (χ1v) is 7.10. The van der Waals surface area contributed by atoms with E-state index in [0.717, 1.165) is 17.0 Å². The summed E-state index contributed by atoms with van der Waals surface area (Å²) in [5.41, 5.74) is 8.44. The molecule has 102 valence electrons. The quantitative estimate of drug-likeness (QED) is 0.916. The second-order valence-electron chi connectivity index (χ2n) is 4.80. The van der Waals surface area contributed by atoms with Gasteiger partial charge in [0.15, 0.2) is 4.67 Å². The van der Waals surface area contributed by atoms with Crippen molar-refractivity contribution in [2.75, 3.05) is 13.6 Å². The van der Waals surface area contributed by atoms with Gasteiger partial charge in [0.1, 0.15) is 5.76 Å². The van der Waals surface area contributed by atoms with E-state index < -0.39 is 0 Å². The van der Waals surface area contributed by atoms with Gasteiger partial charge in [0.25, 0.3) is 0 Å². The standard InChI is InChI=1S/C15H19BrN2O/c1-11-4-3-5-12(8-11)10-18(2)13(9-17)14-6-7-15(16)19-14/h3-8,13H,9-10,17H2,1-2H3. The molecule has 19 heavy (non-hydrogen) atoms. The number of furan rings is 1. The number of rotatable bonds is 5. The Morgan fingerprint density at radius 3 is 2.68 bits per heavy atom. The zero-order chi connectivity index (χ0) is 13.8. The smallest absolute Gasteiger partial charge is 0.169 e. The van der Waals surface area contributed by atoms with Gasteiger partial charge in [0, 0.05) is 13.1 Å². The fraction of sp³-hybridized carbons (Fsp3) is 0.333. The van der Waals surface area contributed by atoms with Crippen LogP contribution in [0.1, 0.15) is 22.9 Å². The van der Waals surface area contributed by atoms with Crippen LogP contribution in [0.5, 0.6) is 0 Å². The molecule has 1 unspecified atom stereocenters. The highest BCUT2D eigenvalue weighted by Crippen LogP contribution is 2.25. The van der Waals surface area contributed by atoms with E-state index in [0.29, 0.717) is 6.54 Å². The maximum absolute atomic E-state index is 5.88. The summed E-state index contributed by atoms with van der Waals surface area (Å²) in [4.78, 5) is 2.21. The summed E-state index contributed by atoms with van der Waals surface area (Å²) in [5.74, 6) is 0.893. The van der Waals surface area contributed by atoms with Gasteiger partial charge in [0.2, 0.25) is 0 Å². The molecule has 3 nitrogen and oxygen atoms in total. The Kier molecular flexibility index (Phi) is 4.80. The van der Waals surface area contributed by atoms with Gasteiger partial charge >= 0.3 is 0 Å². The summed E-state index contributed by atoms with van der Waals surface area (Å²) in [7, 11) is 2.07. The minimum atomic E-state index is 0.0896. The van der Waals surface area contributed by atoms with E-state index in [1.54, 1.807) is 0 Å². The van der Waals surface area contributed by atoms with Crippen LogP contribution in [-0.2, 0) is 6.54 Å². The summed E-state index contributed by atoms with van der Waals surface area (Å²) < 4.78 is 6.35. The molecule has 0 fully saturated rings. The molecule has 0 amide bonds. The van der Waals surface area contributed by atoms with Crippen molar-refractivity contribution >= 4 is 15.9 Å². The monoisotopic (exact) mass is 322 g/mol. The van der Waals surface area contributed by atoms with Crippen molar-refractivity contribution in [1.82, 2.24) is 4.90 Å². The predicted molar refractivity (Wildman–Crippen MR) is 80.8 cm³/mol. The molecule has 1 aromatic carbocycles. The predicted octanol–water partition coefficient (Wildman–Crippen LogP) is 3.48. The van der Waals surface area contributed by atoms with E-state index in [2.05, 4.69) is 59.1 Å². The van der Waals surface area contributed by atoms with Crippen molar-refractivity contribution in [2.24, 2.45) is 5.73 Å². The lowest BCUT2D eigenvalue weighted by Gasteiger charge is -2.25. The van der Waals surface area contributed by atoms with E-state index in [1.165, 1.54) is 11.1 Å². The summed E-state index contributed by atoms with van der Waals surface area (Å²) in [5, 5.41) is 0. The first-order valence-electron chi connectivity index (χ1n) is 6.31. The van der Waals surface area contributed by atoms with Gasteiger partial charge in [-0.2, -0.15) is 0 Å². The van der Waals surface area contributed by atoms with Crippen molar-refractivity contribution < 1.29 is 4.42 Å². The SMILES string of the molecule is Cc1cccc(CN(C)C(CN)c2ccc(Br)o2)c1. The Bertz CT molecular complexity index is 538. The van der Waals surface area contributed by atoms with Crippen LogP contribution in [0, 0.1) is 6.92 Å². The molecule has 0 saturated carbocycles. The summed E-state index contributed by atoms with van der Waals surface area (Å²) in [6.45, 7) is 3.48. The van der Waals surface area contributed by atoms with Crippen LogP contribution in [0.4, 0.5) is 0 Å². The number of hydrogen-bond donors (Lipinski definition) is 1. The van der Waals surface area contributed by atoms with Gasteiger partial charge in [-0.25, -0.2) is 0 Å². The molecule has 2 N–H and O–H groups in total. The Hall–Kier alpha value is -1.10. The molecule has 1 heterocycles. The fourth-order valence-corrected chi connectivity index (χ4v) is 2.55. The van der Waals surface area contributed by atoms with Crippen molar-refractivity contribution in [2.45, 2.75) is 19.5 Å². The minimum Gasteiger partial charge on any atom is -0.453 e. The van der Waals surface area contributed by atoms with E-state index in [-0.39, 0.29) is 6.04 Å². The maximum Gasteiger partial charge on any atom is 0.169 e. The number of likely N-dealkylation sites (N-methyl/N-ethyl adjacent to an activating group) is 1. The molecule has 0 saturated heterocycles. The molecule has 0 spiro atoms. The molecule has 4 heteroatoms. The number of hydrogen-bond acceptors (Lipinski definition) is 3. The molecule has 0 bridgehead atoms. The lowest BCUT2D eigenvalue weighted by atomic mass is 10.1. The van der Waals surface area contributed by atoms with E-state index in [4.69, 9.17) is 10.2 Å². The topological polar surface area (TPSA) is 42.4 Å². The van der Waals surface area contributed by atoms with Crippen LogP contribution in [-0.4, -0.2) is 18.5 Å². The van der Waals surface area contributed by atoms with Crippen molar-refractivity contribution in [3.8, 4) is 0 Å². The molecule has 0 aliphatic rings. The number of aryl methyl sites for hydroxylation is 1. The van der Waals surface area contributed by atoms with E-state index >= 15 is 0 Å². The highest BCUT2D eigenvalue weighted by atomic mass is 79.9. The molecule has 0 aliphatic carbocycles. The van der Waals surface area contributed by atoms with Gasteiger partial charge in [-0.1, -0.05) is 29.8 Å². The molecule has 1 atom stereocenters. The van der Waals surface area contributed by atoms with E-state index in [1.807, 2.05) is 12.1 Å². The fourth-order valence-electron chi connectivity index (χ4n) is 2.23. The van der Waals surface area contributed by atoms with Gasteiger partial charge in [-0.3, -0.25) is 4.90 Å². The third-order valence-corrected chi connectivity index (χ3v) is 3.62. The minimum absolute atomic E-state index is 0.0896. The van der Waals surface area contributed by atoms with Crippen molar-refractivity contribution in [1.29, 1.82) is 0 Å². The number of halogens is 1. The van der Waals surface area contributed by atoms with Crippen molar-refractivity contribution in [3.63, 3.8) is 0 Å². The number of benzene rings is 1. The summed E-state index contributed by atoms with van der Waals surface area (Å²) in [6.07, 6.45) is 0. The molecule has 2 aromatic rings. The Morgan fingerprint density at radius 2 is 2.11 bits per heavy atom. The Balaban J connectivity index is 2.11. The van der Waals surface area contributed by atoms with Crippen molar-refractivity contribution in [3.05, 3.63) is 58.0 Å². The number of nitrogens with zero attached hydrogens (tertiary/aromatic N) is 1. The van der Waals surface area contributed by atoms with Gasteiger partial charge in [-0.05, 0) is 47.6 Å². The molecule has 2 rings (SSSR count). The second-order valence-corrected chi connectivity index (χ2v) is 5.58. The van der Waals surface area contributed by atoms with E-state index in [9.17, 15) is 0 Å². The van der Waals surface area contributed by atoms with Crippen LogP contribution in [0.3, 0.4) is 0 Å².